The number of hydrogen-bond acceptors (Lipinski definition) is 2. The summed E-state index contributed by atoms with van der Waals surface area (Å²) in [5, 5.41) is 1.07. The number of nitrogens with zero attached hydrogens (tertiary/aromatic N) is 1. The first-order valence-electron chi connectivity index (χ1n) is 12.6. The Kier molecular flexibility index (Phi) is 15.5. The minimum absolute atomic E-state index is 0.403. The van der Waals surface area contributed by atoms with E-state index in [9.17, 15) is 0 Å². The van der Waals surface area contributed by atoms with Crippen LogP contribution in [0.5, 0.6) is 5.75 Å². The van der Waals surface area contributed by atoms with Gasteiger partial charge in [-0.2, -0.15) is 0 Å². The summed E-state index contributed by atoms with van der Waals surface area (Å²) in [7, 11) is 0. The Morgan fingerprint density at radius 1 is 0.765 bits per heavy atom. The number of halogens is 4. The van der Waals surface area contributed by atoms with Crippen LogP contribution in [0.1, 0.15) is 95.1 Å². The molecule has 0 aromatic heterocycles. The summed E-state index contributed by atoms with van der Waals surface area (Å²) in [6.07, 6.45) is 18.3. The first-order chi connectivity index (χ1) is 16.5. The van der Waals surface area contributed by atoms with Gasteiger partial charge in [-0.15, -0.1) is 0 Å². The van der Waals surface area contributed by atoms with E-state index >= 15 is 0 Å². The molecule has 0 aliphatic rings. The van der Waals surface area contributed by atoms with Crippen molar-refractivity contribution in [2.24, 2.45) is 4.99 Å². The predicted octanol–water partition coefficient (Wildman–Crippen LogP) is 11.2. The molecule has 2 nitrogen and oxygen atoms in total. The average molecular weight is 634 g/mol. The molecular formula is C28H37Br2Cl2NO. The molecule has 6 heteroatoms. The fourth-order valence-electron chi connectivity index (χ4n) is 3.79. The zero-order valence-corrected chi connectivity index (χ0v) is 24.9. The maximum atomic E-state index is 6.09. The highest BCUT2D eigenvalue weighted by Gasteiger charge is 2.09. The van der Waals surface area contributed by atoms with Crippen LogP contribution in [0.2, 0.25) is 10.0 Å². The Morgan fingerprint density at radius 2 is 1.32 bits per heavy atom. The molecule has 0 unspecified atom stereocenters. The number of aliphatic imine (C=N–C) groups is 1. The molecule has 34 heavy (non-hydrogen) atoms. The Bertz CT molecular complexity index is 866. The molecule has 188 valence electrons. The molecule has 0 N–H and O–H groups in total. The average Bonchev–Trinajstić information content (AvgIpc) is 2.81. The van der Waals surface area contributed by atoms with Gasteiger partial charge in [0.1, 0.15) is 12.4 Å². The van der Waals surface area contributed by atoms with Crippen molar-refractivity contribution in [3.05, 3.63) is 60.4 Å². The molecule has 0 amide bonds. The third-order valence-corrected chi connectivity index (χ3v) is 7.69. The molecule has 2 aromatic rings. The zero-order valence-electron chi connectivity index (χ0n) is 20.2. The molecule has 0 atom stereocenters. The van der Waals surface area contributed by atoms with E-state index in [1.807, 2.05) is 30.5 Å². The molecule has 0 saturated carbocycles. The summed E-state index contributed by atoms with van der Waals surface area (Å²) < 4.78 is 7.76. The van der Waals surface area contributed by atoms with E-state index in [4.69, 9.17) is 27.9 Å². The van der Waals surface area contributed by atoms with Crippen molar-refractivity contribution in [2.45, 2.75) is 90.6 Å². The van der Waals surface area contributed by atoms with Gasteiger partial charge in [-0.25, -0.2) is 0 Å². The molecule has 0 bridgehead atoms. The normalized spacial score (nSPS) is 11.4. The van der Waals surface area contributed by atoms with Crippen molar-refractivity contribution in [1.82, 2.24) is 0 Å². The minimum atomic E-state index is 0.403. The van der Waals surface area contributed by atoms with Crippen molar-refractivity contribution >= 4 is 61.3 Å². The molecule has 0 aliphatic heterocycles. The monoisotopic (exact) mass is 631 g/mol. The molecule has 0 spiro atoms. The van der Waals surface area contributed by atoms with Gasteiger partial charge in [0.05, 0.1) is 19.0 Å². The SMILES string of the molecule is CCCCCCCCCCCCCCN=Cc1cc(Br)c(OCc2ccc(Cl)c(Cl)c2)c(Br)c1. The molecule has 0 radical (unpaired) electrons. The molecule has 2 aromatic carbocycles. The highest BCUT2D eigenvalue weighted by atomic mass is 79.9. The fraction of sp³-hybridized carbons (Fsp3) is 0.536. The highest BCUT2D eigenvalue weighted by Crippen LogP contribution is 2.35. The summed E-state index contributed by atoms with van der Waals surface area (Å²) in [4.78, 5) is 4.61. The van der Waals surface area contributed by atoms with E-state index in [1.165, 1.54) is 70.6 Å². The van der Waals surface area contributed by atoms with Crippen LogP contribution in [0.15, 0.2) is 44.3 Å². The van der Waals surface area contributed by atoms with E-state index < -0.39 is 0 Å². The second-order valence-corrected chi connectivity index (χ2v) is 11.3. The molecule has 0 heterocycles. The molecule has 0 saturated heterocycles. The Balaban J connectivity index is 1.62. The lowest BCUT2D eigenvalue weighted by Crippen LogP contribution is -1.98. The predicted molar refractivity (Wildman–Crippen MR) is 156 cm³/mol. The van der Waals surface area contributed by atoms with Gasteiger partial charge >= 0.3 is 0 Å². The number of benzene rings is 2. The summed E-state index contributed by atoms with van der Waals surface area (Å²) in [5.41, 5.74) is 2.00. The second-order valence-electron chi connectivity index (χ2n) is 8.78. The van der Waals surface area contributed by atoms with Crippen LogP contribution < -0.4 is 4.74 Å². The smallest absolute Gasteiger partial charge is 0.148 e. The van der Waals surface area contributed by atoms with Crippen molar-refractivity contribution in [3.63, 3.8) is 0 Å². The lowest BCUT2D eigenvalue weighted by atomic mass is 10.1. The van der Waals surface area contributed by atoms with Gasteiger partial charge < -0.3 is 4.74 Å². The van der Waals surface area contributed by atoms with Crippen LogP contribution in [0.4, 0.5) is 0 Å². The standard InChI is InChI=1S/C28H37Br2Cl2NO/c1-2-3-4-5-6-7-8-9-10-11-12-13-16-33-20-23-17-24(29)28(25(30)18-23)34-21-22-14-15-26(31)27(32)19-22/h14-15,17-20H,2-13,16,21H2,1H3. The summed E-state index contributed by atoms with van der Waals surface area (Å²) in [6, 6.07) is 9.57. The van der Waals surface area contributed by atoms with Crippen molar-refractivity contribution < 1.29 is 4.74 Å². The van der Waals surface area contributed by atoms with Gasteiger partial charge in [0, 0.05) is 12.8 Å². The topological polar surface area (TPSA) is 21.6 Å². The first kappa shape index (κ1) is 29.7. The van der Waals surface area contributed by atoms with Gasteiger partial charge in [0.15, 0.2) is 0 Å². The third kappa shape index (κ3) is 11.9. The fourth-order valence-corrected chi connectivity index (χ4v) is 5.56. The van der Waals surface area contributed by atoms with Crippen LogP contribution in [0.3, 0.4) is 0 Å². The van der Waals surface area contributed by atoms with Gasteiger partial charge in [-0.05, 0) is 73.7 Å². The van der Waals surface area contributed by atoms with Gasteiger partial charge in [0.25, 0.3) is 0 Å². The maximum absolute atomic E-state index is 6.09. The lowest BCUT2D eigenvalue weighted by molar-refractivity contribution is 0.302. The van der Waals surface area contributed by atoms with Crippen LogP contribution in [-0.2, 0) is 6.61 Å². The van der Waals surface area contributed by atoms with Crippen molar-refractivity contribution in [2.75, 3.05) is 6.54 Å². The van der Waals surface area contributed by atoms with E-state index in [1.54, 1.807) is 6.07 Å². The molecular weight excluding hydrogens is 597 g/mol. The zero-order chi connectivity index (χ0) is 24.6. The van der Waals surface area contributed by atoms with Crippen LogP contribution in [-0.4, -0.2) is 12.8 Å². The highest BCUT2D eigenvalue weighted by molar-refractivity contribution is 9.11. The van der Waals surface area contributed by atoms with Crippen LogP contribution in [0, 0.1) is 0 Å². The summed E-state index contributed by atoms with van der Waals surface area (Å²) in [5.74, 6) is 0.754. The van der Waals surface area contributed by atoms with Crippen molar-refractivity contribution in [1.29, 1.82) is 0 Å². The number of unbranched alkanes of at least 4 members (excludes halogenated alkanes) is 11. The van der Waals surface area contributed by atoms with Gasteiger partial charge in [-0.3, -0.25) is 4.99 Å². The van der Waals surface area contributed by atoms with Gasteiger partial charge in [0.2, 0.25) is 0 Å². The maximum Gasteiger partial charge on any atom is 0.148 e. The van der Waals surface area contributed by atoms with Crippen LogP contribution in [0.25, 0.3) is 0 Å². The summed E-state index contributed by atoms with van der Waals surface area (Å²) in [6.45, 7) is 3.56. The van der Waals surface area contributed by atoms with Gasteiger partial charge in [-0.1, -0.05) is 107 Å². The molecule has 0 fully saturated rings. The number of hydrogen-bond donors (Lipinski definition) is 0. The second kappa shape index (κ2) is 17.8. The lowest BCUT2D eigenvalue weighted by Gasteiger charge is -2.12. The number of ether oxygens (including phenoxy) is 1. The third-order valence-electron chi connectivity index (χ3n) is 5.77. The Hall–Kier alpha value is -0.550. The molecule has 2 rings (SSSR count). The van der Waals surface area contributed by atoms with Crippen molar-refractivity contribution in [3.8, 4) is 5.75 Å². The summed E-state index contributed by atoms with van der Waals surface area (Å²) >= 11 is 19.3. The largest absolute Gasteiger partial charge is 0.487 e. The first-order valence-corrected chi connectivity index (χ1v) is 14.9. The Labute approximate surface area is 233 Å². The Morgan fingerprint density at radius 3 is 1.88 bits per heavy atom. The quantitative estimate of drug-likeness (QED) is 0.125. The molecule has 0 aliphatic carbocycles. The number of rotatable bonds is 17. The van der Waals surface area contributed by atoms with E-state index in [-0.39, 0.29) is 0 Å². The van der Waals surface area contributed by atoms with Crippen LogP contribution >= 0.6 is 55.1 Å². The minimum Gasteiger partial charge on any atom is -0.487 e. The van der Waals surface area contributed by atoms with E-state index in [0.29, 0.717) is 16.7 Å². The van der Waals surface area contributed by atoms with E-state index in [2.05, 4.69) is 43.8 Å². The van der Waals surface area contributed by atoms with E-state index in [0.717, 1.165) is 38.8 Å².